The monoisotopic (exact) mass is 258 g/mol. The highest BCUT2D eigenvalue weighted by Gasteiger charge is 2.30. The van der Waals surface area contributed by atoms with Gasteiger partial charge in [-0.3, -0.25) is 0 Å². The molecule has 3 nitrogen and oxygen atoms in total. The third-order valence-electron chi connectivity index (χ3n) is 3.14. The second kappa shape index (κ2) is 8.47. The Labute approximate surface area is 106 Å². The largest absolute Gasteiger partial charge is 0.462 e. The summed E-state index contributed by atoms with van der Waals surface area (Å²) >= 11 is 0. The summed E-state index contributed by atoms with van der Waals surface area (Å²) in [6, 6.07) is 3.39. The van der Waals surface area contributed by atoms with Crippen LogP contribution in [-0.4, -0.2) is 28.0 Å². The summed E-state index contributed by atoms with van der Waals surface area (Å²) in [4.78, 5) is 11.2. The van der Waals surface area contributed by atoms with Crippen molar-refractivity contribution in [1.29, 1.82) is 0 Å². The minimum absolute atomic E-state index is 0.290. The SMILES string of the molecule is C=C(C)C(=O)OCCC[Si](CC)(CCC)OC. The molecule has 17 heavy (non-hydrogen) atoms. The van der Waals surface area contributed by atoms with Crippen molar-refractivity contribution in [3.63, 3.8) is 0 Å². The molecule has 0 aromatic carbocycles. The van der Waals surface area contributed by atoms with E-state index in [0.717, 1.165) is 18.5 Å². The molecule has 0 amide bonds. The molecule has 4 heteroatoms. The molecule has 0 heterocycles. The quantitative estimate of drug-likeness (QED) is 0.275. The van der Waals surface area contributed by atoms with Crippen molar-refractivity contribution in [3.8, 4) is 0 Å². The molecule has 0 saturated carbocycles. The first-order valence-corrected chi connectivity index (χ1v) is 8.92. The molecule has 1 atom stereocenters. The molecule has 0 aromatic rings. The van der Waals surface area contributed by atoms with E-state index < -0.39 is 8.32 Å². The van der Waals surface area contributed by atoms with Crippen LogP contribution in [0.5, 0.6) is 0 Å². The van der Waals surface area contributed by atoms with Crippen molar-refractivity contribution in [2.45, 2.75) is 51.7 Å². The van der Waals surface area contributed by atoms with Gasteiger partial charge in [0.05, 0.1) is 6.61 Å². The third-order valence-corrected chi connectivity index (χ3v) is 7.97. The number of hydrogen-bond acceptors (Lipinski definition) is 3. The van der Waals surface area contributed by atoms with E-state index in [1.165, 1.54) is 12.5 Å². The predicted molar refractivity (Wildman–Crippen MR) is 73.5 cm³/mol. The number of hydrogen-bond donors (Lipinski definition) is 0. The molecule has 0 rings (SSSR count). The Balaban J connectivity index is 3.98. The average Bonchev–Trinajstić information content (AvgIpc) is 2.32. The fourth-order valence-corrected chi connectivity index (χ4v) is 5.32. The van der Waals surface area contributed by atoms with Gasteiger partial charge < -0.3 is 9.16 Å². The Kier molecular flexibility index (Phi) is 8.17. The number of ether oxygens (including phenoxy) is 1. The molecule has 0 aliphatic rings. The Hall–Kier alpha value is -0.613. The molecular formula is C13H26O3Si. The summed E-state index contributed by atoms with van der Waals surface area (Å²) in [5.74, 6) is -0.290. The van der Waals surface area contributed by atoms with Crippen LogP contribution in [0.4, 0.5) is 0 Å². The predicted octanol–water partition coefficient (Wildman–Crippen LogP) is 3.52. The van der Waals surface area contributed by atoms with Crippen molar-refractivity contribution in [3.05, 3.63) is 12.2 Å². The van der Waals surface area contributed by atoms with Crippen molar-refractivity contribution >= 4 is 14.3 Å². The summed E-state index contributed by atoms with van der Waals surface area (Å²) in [5.41, 5.74) is 0.462. The second-order valence-electron chi connectivity index (χ2n) is 4.51. The van der Waals surface area contributed by atoms with E-state index in [-0.39, 0.29) is 5.97 Å². The zero-order valence-corrected chi connectivity index (χ0v) is 12.7. The van der Waals surface area contributed by atoms with Gasteiger partial charge in [-0.15, -0.1) is 0 Å². The maximum Gasteiger partial charge on any atom is 0.333 e. The first kappa shape index (κ1) is 16.4. The summed E-state index contributed by atoms with van der Waals surface area (Å²) in [5, 5.41) is 0. The number of carbonyl (C=O) groups excluding carboxylic acids is 1. The maximum atomic E-state index is 11.2. The van der Waals surface area contributed by atoms with Crippen LogP contribution in [-0.2, 0) is 14.0 Å². The summed E-state index contributed by atoms with van der Waals surface area (Å²) in [7, 11) is 0.268. The summed E-state index contributed by atoms with van der Waals surface area (Å²) in [6.07, 6.45) is 2.06. The van der Waals surface area contributed by atoms with Crippen LogP contribution in [0, 0.1) is 0 Å². The van der Waals surface area contributed by atoms with E-state index in [1.54, 1.807) is 6.92 Å². The molecule has 100 valence electrons. The second-order valence-corrected chi connectivity index (χ2v) is 8.99. The first-order chi connectivity index (χ1) is 8.01. The fourth-order valence-electron chi connectivity index (χ4n) is 1.97. The molecule has 0 saturated heterocycles. The Bertz CT molecular complexity index is 247. The molecule has 1 unspecified atom stereocenters. The average molecular weight is 258 g/mol. The van der Waals surface area contributed by atoms with Crippen LogP contribution < -0.4 is 0 Å². The van der Waals surface area contributed by atoms with Crippen LogP contribution in [0.15, 0.2) is 12.2 Å². The molecule has 0 aromatic heterocycles. The topological polar surface area (TPSA) is 35.5 Å². The van der Waals surface area contributed by atoms with Gasteiger partial charge in [-0.2, -0.15) is 0 Å². The zero-order valence-electron chi connectivity index (χ0n) is 11.7. The van der Waals surface area contributed by atoms with Gasteiger partial charge in [0.15, 0.2) is 8.32 Å². The maximum absolute atomic E-state index is 11.2. The Morgan fingerprint density at radius 2 is 1.94 bits per heavy atom. The standard InChI is InChI=1S/C13H26O3Si/c1-6-10-17(7-2,15-5)11-8-9-16-13(14)12(3)4/h3,6-11H2,1-2,4-5H3. The van der Waals surface area contributed by atoms with Crippen LogP contribution in [0.3, 0.4) is 0 Å². The van der Waals surface area contributed by atoms with Gasteiger partial charge in [-0.1, -0.05) is 26.8 Å². The minimum Gasteiger partial charge on any atom is -0.462 e. The van der Waals surface area contributed by atoms with E-state index in [4.69, 9.17) is 9.16 Å². The zero-order chi connectivity index (χ0) is 13.3. The molecule has 0 radical (unpaired) electrons. The Morgan fingerprint density at radius 1 is 1.29 bits per heavy atom. The number of rotatable bonds is 9. The van der Waals surface area contributed by atoms with Crippen LogP contribution in [0.2, 0.25) is 18.1 Å². The molecule has 0 fully saturated rings. The lowest BCUT2D eigenvalue weighted by Crippen LogP contribution is -2.36. The number of carbonyl (C=O) groups is 1. The van der Waals surface area contributed by atoms with Crippen molar-refractivity contribution in [2.24, 2.45) is 0 Å². The van der Waals surface area contributed by atoms with Crippen molar-refractivity contribution < 1.29 is 14.0 Å². The van der Waals surface area contributed by atoms with E-state index >= 15 is 0 Å². The third kappa shape index (κ3) is 6.03. The molecule has 0 aliphatic heterocycles. The van der Waals surface area contributed by atoms with Crippen LogP contribution >= 0.6 is 0 Å². The van der Waals surface area contributed by atoms with Crippen molar-refractivity contribution in [1.82, 2.24) is 0 Å². The van der Waals surface area contributed by atoms with Gasteiger partial charge in [0, 0.05) is 12.7 Å². The van der Waals surface area contributed by atoms with Crippen molar-refractivity contribution in [2.75, 3.05) is 13.7 Å². The lowest BCUT2D eigenvalue weighted by molar-refractivity contribution is -0.138. The molecule has 0 aliphatic carbocycles. The van der Waals surface area contributed by atoms with Gasteiger partial charge in [0.25, 0.3) is 0 Å². The molecule has 0 spiro atoms. The molecule has 0 bridgehead atoms. The van der Waals surface area contributed by atoms with Crippen LogP contribution in [0.25, 0.3) is 0 Å². The summed E-state index contributed by atoms with van der Waals surface area (Å²) < 4.78 is 10.9. The summed E-state index contributed by atoms with van der Waals surface area (Å²) in [6.45, 7) is 10.1. The smallest absolute Gasteiger partial charge is 0.333 e. The fraction of sp³-hybridized carbons (Fsp3) is 0.769. The lowest BCUT2D eigenvalue weighted by atomic mass is 10.4. The highest BCUT2D eigenvalue weighted by Crippen LogP contribution is 2.24. The van der Waals surface area contributed by atoms with Gasteiger partial charge in [-0.25, -0.2) is 4.79 Å². The lowest BCUT2D eigenvalue weighted by Gasteiger charge is -2.28. The normalized spacial score (nSPS) is 14.1. The van der Waals surface area contributed by atoms with Crippen LogP contribution in [0.1, 0.15) is 33.6 Å². The van der Waals surface area contributed by atoms with Gasteiger partial charge in [-0.05, 0) is 31.5 Å². The van der Waals surface area contributed by atoms with E-state index in [9.17, 15) is 4.79 Å². The van der Waals surface area contributed by atoms with E-state index in [0.29, 0.717) is 12.2 Å². The Morgan fingerprint density at radius 3 is 2.35 bits per heavy atom. The molecule has 0 N–H and O–H groups in total. The highest BCUT2D eigenvalue weighted by atomic mass is 28.4. The minimum atomic E-state index is -1.56. The van der Waals surface area contributed by atoms with E-state index in [1.807, 2.05) is 7.11 Å². The highest BCUT2D eigenvalue weighted by molar-refractivity contribution is 6.73. The van der Waals surface area contributed by atoms with Gasteiger partial charge >= 0.3 is 5.97 Å². The van der Waals surface area contributed by atoms with Gasteiger partial charge in [0.1, 0.15) is 0 Å². The number of esters is 1. The van der Waals surface area contributed by atoms with Gasteiger partial charge in [0.2, 0.25) is 0 Å². The first-order valence-electron chi connectivity index (χ1n) is 6.39. The molecular weight excluding hydrogens is 232 g/mol. The van der Waals surface area contributed by atoms with E-state index in [2.05, 4.69) is 20.4 Å².